The normalized spacial score (nSPS) is 11.1. The summed E-state index contributed by atoms with van der Waals surface area (Å²) in [5.74, 6) is -0.559. The molecule has 9 heteroatoms. The molecule has 0 unspecified atom stereocenters. The van der Waals surface area contributed by atoms with Crippen LogP contribution in [0.15, 0.2) is 12.4 Å². The van der Waals surface area contributed by atoms with E-state index in [-0.39, 0.29) is 17.2 Å². The predicted octanol–water partition coefficient (Wildman–Crippen LogP) is 1.83. The first-order valence-corrected chi connectivity index (χ1v) is 5.08. The van der Waals surface area contributed by atoms with Crippen molar-refractivity contribution >= 4 is 22.7 Å². The van der Waals surface area contributed by atoms with Crippen LogP contribution in [-0.4, -0.2) is 24.4 Å². The first-order valence-electron chi connectivity index (χ1n) is 5.08. The van der Waals surface area contributed by atoms with Gasteiger partial charge in [0.1, 0.15) is 6.07 Å². The monoisotopic (exact) mass is 251 g/mol. The number of hydrogen-bond acceptors (Lipinski definition) is 6. The van der Waals surface area contributed by atoms with Gasteiger partial charge in [0.2, 0.25) is 5.52 Å². The second-order valence-corrected chi connectivity index (χ2v) is 3.93. The molecule has 0 N–H and O–H groups in total. The molecular weight excluding hydrogens is 242 g/mol. The van der Waals surface area contributed by atoms with Crippen LogP contribution < -0.4 is 0 Å². The number of imidazole rings is 1. The SMILES string of the molecule is CC(C)n1cnc2c([N+](=O)[O-])cc([N+](=O)[O-])nc21. The quantitative estimate of drug-likeness (QED) is 0.606. The van der Waals surface area contributed by atoms with Gasteiger partial charge in [0.15, 0.2) is 0 Å². The molecule has 0 aromatic carbocycles. The highest BCUT2D eigenvalue weighted by Crippen LogP contribution is 2.28. The molecule has 18 heavy (non-hydrogen) atoms. The van der Waals surface area contributed by atoms with Crippen molar-refractivity contribution < 1.29 is 9.85 Å². The van der Waals surface area contributed by atoms with Crippen LogP contribution in [0.3, 0.4) is 0 Å². The Balaban J connectivity index is 2.83. The lowest BCUT2D eigenvalue weighted by Crippen LogP contribution is -2.02. The molecule has 2 rings (SSSR count). The Hall–Kier alpha value is -2.58. The molecule has 2 aromatic rings. The zero-order chi connectivity index (χ0) is 13.4. The fraction of sp³-hybridized carbons (Fsp3) is 0.333. The maximum absolute atomic E-state index is 10.9. The summed E-state index contributed by atoms with van der Waals surface area (Å²) in [7, 11) is 0. The van der Waals surface area contributed by atoms with Crippen LogP contribution in [0.1, 0.15) is 19.9 Å². The number of fused-ring (bicyclic) bond motifs is 1. The number of hydrogen-bond donors (Lipinski definition) is 0. The van der Waals surface area contributed by atoms with E-state index in [1.54, 1.807) is 4.57 Å². The van der Waals surface area contributed by atoms with E-state index in [0.29, 0.717) is 0 Å². The third-order valence-electron chi connectivity index (χ3n) is 2.44. The number of nitro groups is 2. The molecule has 9 nitrogen and oxygen atoms in total. The van der Waals surface area contributed by atoms with Crippen LogP contribution in [0.25, 0.3) is 11.2 Å². The fourth-order valence-corrected chi connectivity index (χ4v) is 1.59. The minimum Gasteiger partial charge on any atom is -0.358 e. The van der Waals surface area contributed by atoms with Gasteiger partial charge in [0.25, 0.3) is 5.65 Å². The van der Waals surface area contributed by atoms with Crippen molar-refractivity contribution in [1.29, 1.82) is 0 Å². The van der Waals surface area contributed by atoms with Crippen LogP contribution in [0.2, 0.25) is 0 Å². The average molecular weight is 251 g/mol. The van der Waals surface area contributed by atoms with Gasteiger partial charge >= 0.3 is 11.5 Å². The molecule has 0 saturated carbocycles. The van der Waals surface area contributed by atoms with E-state index in [1.165, 1.54) is 6.33 Å². The zero-order valence-electron chi connectivity index (χ0n) is 9.60. The lowest BCUT2D eigenvalue weighted by atomic mass is 10.3. The molecule has 0 radical (unpaired) electrons. The summed E-state index contributed by atoms with van der Waals surface area (Å²) in [6, 6.07) is 0.768. The summed E-state index contributed by atoms with van der Waals surface area (Å²) < 4.78 is 1.55. The van der Waals surface area contributed by atoms with Gasteiger partial charge in [0.05, 0.1) is 11.3 Å². The van der Waals surface area contributed by atoms with Crippen molar-refractivity contribution in [3.8, 4) is 0 Å². The third kappa shape index (κ3) is 1.75. The molecule has 0 aliphatic carbocycles. The van der Waals surface area contributed by atoms with Crippen LogP contribution in [-0.2, 0) is 0 Å². The lowest BCUT2D eigenvalue weighted by Gasteiger charge is -2.03. The number of nitrogens with zero attached hydrogens (tertiary/aromatic N) is 5. The van der Waals surface area contributed by atoms with Gasteiger partial charge in [-0.3, -0.25) is 14.7 Å². The molecule has 0 aliphatic heterocycles. The first kappa shape index (κ1) is 11.9. The molecule has 94 valence electrons. The molecule has 0 fully saturated rings. The Morgan fingerprint density at radius 3 is 2.44 bits per heavy atom. The molecule has 0 amide bonds. The second kappa shape index (κ2) is 4.02. The van der Waals surface area contributed by atoms with Gasteiger partial charge < -0.3 is 10.1 Å². The summed E-state index contributed by atoms with van der Waals surface area (Å²) in [4.78, 5) is 27.8. The summed E-state index contributed by atoms with van der Waals surface area (Å²) in [6.45, 7) is 3.65. The van der Waals surface area contributed by atoms with E-state index < -0.39 is 21.4 Å². The van der Waals surface area contributed by atoms with E-state index >= 15 is 0 Å². The number of aromatic nitrogens is 3. The van der Waals surface area contributed by atoms with Crippen LogP contribution in [0.5, 0.6) is 0 Å². The van der Waals surface area contributed by atoms with Gasteiger partial charge in [-0.1, -0.05) is 0 Å². The van der Waals surface area contributed by atoms with Gasteiger partial charge in [-0.25, -0.2) is 4.98 Å². The van der Waals surface area contributed by atoms with E-state index in [9.17, 15) is 20.2 Å². The smallest absolute Gasteiger partial charge is 0.358 e. The van der Waals surface area contributed by atoms with E-state index in [2.05, 4.69) is 9.97 Å². The third-order valence-corrected chi connectivity index (χ3v) is 2.44. The highest BCUT2D eigenvalue weighted by Gasteiger charge is 2.26. The highest BCUT2D eigenvalue weighted by atomic mass is 16.6. The molecule has 0 saturated heterocycles. The fourth-order valence-electron chi connectivity index (χ4n) is 1.59. The summed E-state index contributed by atoms with van der Waals surface area (Å²) >= 11 is 0. The maximum atomic E-state index is 10.9. The van der Waals surface area contributed by atoms with Crippen molar-refractivity contribution in [2.24, 2.45) is 0 Å². The van der Waals surface area contributed by atoms with E-state index in [0.717, 1.165) is 6.07 Å². The Morgan fingerprint density at radius 1 is 1.28 bits per heavy atom. The van der Waals surface area contributed by atoms with Gasteiger partial charge in [-0.05, 0) is 23.8 Å². The zero-order valence-corrected chi connectivity index (χ0v) is 9.60. The summed E-state index contributed by atoms with van der Waals surface area (Å²) in [6.07, 6.45) is 1.39. The first-order chi connectivity index (χ1) is 8.41. The van der Waals surface area contributed by atoms with E-state index in [1.807, 2.05) is 13.8 Å². The van der Waals surface area contributed by atoms with Crippen molar-refractivity contribution in [3.05, 3.63) is 32.6 Å². The molecule has 0 atom stereocenters. The van der Waals surface area contributed by atoms with Gasteiger partial charge in [0, 0.05) is 6.04 Å². The van der Waals surface area contributed by atoms with Crippen LogP contribution >= 0.6 is 0 Å². The van der Waals surface area contributed by atoms with Gasteiger partial charge in [-0.15, -0.1) is 0 Å². The Morgan fingerprint density at radius 2 is 1.94 bits per heavy atom. The van der Waals surface area contributed by atoms with Crippen LogP contribution in [0.4, 0.5) is 11.5 Å². The number of pyridine rings is 1. The summed E-state index contributed by atoms with van der Waals surface area (Å²) in [5.41, 5.74) is -0.212. The predicted molar refractivity (Wildman–Crippen MR) is 61.2 cm³/mol. The van der Waals surface area contributed by atoms with Crippen molar-refractivity contribution in [3.63, 3.8) is 0 Å². The maximum Gasteiger partial charge on any atom is 0.372 e. The second-order valence-electron chi connectivity index (χ2n) is 3.93. The summed E-state index contributed by atoms with van der Waals surface area (Å²) in [5, 5.41) is 21.6. The Bertz CT molecular complexity index is 648. The molecular formula is C9H9N5O4. The van der Waals surface area contributed by atoms with Crippen LogP contribution in [0, 0.1) is 20.2 Å². The van der Waals surface area contributed by atoms with Crippen molar-refractivity contribution in [2.45, 2.75) is 19.9 Å². The molecule has 0 spiro atoms. The average Bonchev–Trinajstić information content (AvgIpc) is 2.70. The standard InChI is InChI=1S/C9H9N5O4/c1-5(2)12-4-10-8-6(13(15)16)3-7(14(17)18)11-9(8)12/h3-5H,1-2H3. The number of rotatable bonds is 3. The highest BCUT2D eigenvalue weighted by molar-refractivity contribution is 5.83. The molecule has 2 heterocycles. The lowest BCUT2D eigenvalue weighted by molar-refractivity contribution is -0.396. The minimum atomic E-state index is -0.760. The Kier molecular flexibility index (Phi) is 2.66. The van der Waals surface area contributed by atoms with E-state index in [4.69, 9.17) is 0 Å². The largest absolute Gasteiger partial charge is 0.372 e. The Labute approximate surface area is 100 Å². The molecule has 0 bridgehead atoms. The van der Waals surface area contributed by atoms with Crippen molar-refractivity contribution in [1.82, 2.24) is 14.5 Å². The van der Waals surface area contributed by atoms with Crippen molar-refractivity contribution in [2.75, 3.05) is 0 Å². The van der Waals surface area contributed by atoms with Gasteiger partial charge in [-0.2, -0.15) is 0 Å². The molecule has 0 aliphatic rings. The molecule has 2 aromatic heterocycles. The minimum absolute atomic E-state index is 0.0518. The topological polar surface area (TPSA) is 117 Å².